The molecule has 0 atom stereocenters. The van der Waals surface area contributed by atoms with E-state index in [-0.39, 0.29) is 46.7 Å². The van der Waals surface area contributed by atoms with Crippen molar-refractivity contribution in [3.8, 4) is 0 Å². The highest BCUT2D eigenvalue weighted by Crippen LogP contribution is 2.32. The number of hydrazine groups is 1. The van der Waals surface area contributed by atoms with Crippen LogP contribution in [0.2, 0.25) is 5.02 Å². The molecule has 0 unspecified atom stereocenters. The molecule has 39 heavy (non-hydrogen) atoms. The van der Waals surface area contributed by atoms with Gasteiger partial charge in [-0.3, -0.25) is 15.0 Å². The van der Waals surface area contributed by atoms with Crippen molar-refractivity contribution in [2.75, 3.05) is 23.3 Å². The van der Waals surface area contributed by atoms with Gasteiger partial charge < -0.3 is 22.1 Å². The largest absolute Gasteiger partial charge is 0.417 e. The molecule has 2 heterocycles. The number of rotatable bonds is 11. The molecule has 210 valence electrons. The molecule has 0 saturated carbocycles. The van der Waals surface area contributed by atoms with Gasteiger partial charge in [0.1, 0.15) is 10.0 Å². The number of nitrogens with two attached hydrogens (primary N) is 2. The lowest BCUT2D eigenvalue weighted by atomic mass is 10.1. The van der Waals surface area contributed by atoms with Crippen LogP contribution in [0.25, 0.3) is 0 Å². The van der Waals surface area contributed by atoms with E-state index in [2.05, 4.69) is 21.0 Å². The molecule has 3 aromatic rings. The van der Waals surface area contributed by atoms with Crippen LogP contribution in [0.1, 0.15) is 33.6 Å². The standard InChI is InChI=1S/C22H23ClF3N7O4S2/c23-15-9-13(22(24,25)26)10-30-20(15)29-7-1-2-18(34)32-33-39(36,37)19-6-4-14(38-19)11-31-21(35)12-3-5-16(27)17(28)8-12/h3-6,8-10,33H,1-2,7,11,27-28H2,(H,29,30)(H,31,35)(H,32,34). The summed E-state index contributed by atoms with van der Waals surface area (Å²) in [5.74, 6) is -1.04. The van der Waals surface area contributed by atoms with Crippen molar-refractivity contribution < 1.29 is 31.2 Å². The van der Waals surface area contributed by atoms with Crippen LogP contribution in [0.4, 0.5) is 30.4 Å². The Hall–Kier alpha value is -3.60. The number of nitrogen functional groups attached to an aromatic ring is 2. The van der Waals surface area contributed by atoms with Crippen molar-refractivity contribution >= 4 is 62.0 Å². The van der Waals surface area contributed by atoms with Gasteiger partial charge in [0, 0.05) is 29.6 Å². The molecule has 0 saturated heterocycles. The van der Waals surface area contributed by atoms with Gasteiger partial charge in [-0.15, -0.1) is 16.2 Å². The van der Waals surface area contributed by atoms with Gasteiger partial charge in [0.15, 0.2) is 0 Å². The molecule has 0 aliphatic rings. The van der Waals surface area contributed by atoms with Crippen LogP contribution in [0.3, 0.4) is 0 Å². The number of thiophene rings is 1. The number of hydrogen-bond acceptors (Lipinski definition) is 9. The number of anilines is 3. The summed E-state index contributed by atoms with van der Waals surface area (Å²) in [6.45, 7) is 0.196. The number of carbonyl (C=O) groups excluding carboxylic acids is 2. The summed E-state index contributed by atoms with van der Waals surface area (Å²) in [4.78, 5) is 30.5. The first-order chi connectivity index (χ1) is 18.3. The van der Waals surface area contributed by atoms with E-state index in [1.807, 2.05) is 4.83 Å². The van der Waals surface area contributed by atoms with E-state index in [4.69, 9.17) is 23.1 Å². The zero-order chi connectivity index (χ0) is 28.8. The first-order valence-electron chi connectivity index (χ1n) is 11.1. The number of nitrogens with zero attached hydrogens (tertiary/aromatic N) is 1. The summed E-state index contributed by atoms with van der Waals surface area (Å²) >= 11 is 6.70. The number of amides is 2. The monoisotopic (exact) mass is 605 g/mol. The zero-order valence-electron chi connectivity index (χ0n) is 19.9. The molecule has 8 N–H and O–H groups in total. The molecule has 11 nitrogen and oxygen atoms in total. The third-order valence-electron chi connectivity index (χ3n) is 5.04. The molecule has 2 aromatic heterocycles. The average molecular weight is 606 g/mol. The van der Waals surface area contributed by atoms with E-state index in [1.165, 1.54) is 30.3 Å². The molecular formula is C22H23ClF3N7O4S2. The number of halogens is 4. The number of aromatic nitrogens is 1. The van der Waals surface area contributed by atoms with Gasteiger partial charge in [-0.05, 0) is 42.8 Å². The lowest BCUT2D eigenvalue weighted by Gasteiger charge is -2.11. The number of nitrogens with one attached hydrogen (secondary N) is 4. The third-order valence-corrected chi connectivity index (χ3v) is 8.15. The highest BCUT2D eigenvalue weighted by Gasteiger charge is 2.31. The molecule has 0 radical (unpaired) electrons. The maximum atomic E-state index is 12.7. The van der Waals surface area contributed by atoms with E-state index in [9.17, 15) is 31.2 Å². The molecule has 0 bridgehead atoms. The summed E-state index contributed by atoms with van der Waals surface area (Å²) in [6, 6.07) is 8.02. The first kappa shape index (κ1) is 29.9. The molecule has 3 rings (SSSR count). The molecule has 2 amide bonds. The molecule has 17 heteroatoms. The molecule has 1 aromatic carbocycles. The Morgan fingerprint density at radius 1 is 1.08 bits per heavy atom. The predicted molar refractivity (Wildman–Crippen MR) is 141 cm³/mol. The minimum absolute atomic E-state index is 0.0214. The lowest BCUT2D eigenvalue weighted by Crippen LogP contribution is -2.41. The SMILES string of the molecule is Nc1ccc(C(=O)NCc2ccc(S(=O)(=O)NNC(=O)CCCNc3ncc(C(F)(F)F)cc3Cl)s2)cc1N. The Balaban J connectivity index is 1.42. The average Bonchev–Trinajstić information content (AvgIpc) is 3.36. The highest BCUT2D eigenvalue weighted by molar-refractivity contribution is 7.91. The van der Waals surface area contributed by atoms with Crippen LogP contribution in [0, 0.1) is 0 Å². The number of carbonyl (C=O) groups is 2. The lowest BCUT2D eigenvalue weighted by molar-refractivity contribution is -0.137. The van der Waals surface area contributed by atoms with Crippen molar-refractivity contribution in [1.29, 1.82) is 0 Å². The predicted octanol–water partition coefficient (Wildman–Crippen LogP) is 3.11. The van der Waals surface area contributed by atoms with E-state index < -0.39 is 33.6 Å². The molecule has 0 spiro atoms. The third kappa shape index (κ3) is 8.44. The minimum atomic E-state index is -4.57. The van der Waals surface area contributed by atoms with Crippen molar-refractivity contribution in [3.05, 3.63) is 63.6 Å². The highest BCUT2D eigenvalue weighted by atomic mass is 35.5. The fourth-order valence-electron chi connectivity index (χ4n) is 3.00. The van der Waals surface area contributed by atoms with Crippen molar-refractivity contribution in [1.82, 2.24) is 20.6 Å². The van der Waals surface area contributed by atoms with E-state index in [1.54, 1.807) is 0 Å². The van der Waals surface area contributed by atoms with Crippen molar-refractivity contribution in [3.63, 3.8) is 0 Å². The fourth-order valence-corrected chi connectivity index (χ4v) is 5.39. The summed E-state index contributed by atoms with van der Waals surface area (Å²) in [7, 11) is -4.07. The Morgan fingerprint density at radius 2 is 1.82 bits per heavy atom. The maximum Gasteiger partial charge on any atom is 0.417 e. The second-order valence-electron chi connectivity index (χ2n) is 7.98. The summed E-state index contributed by atoms with van der Waals surface area (Å²) in [5.41, 5.74) is 13.3. The molecule has 0 aliphatic heterocycles. The van der Waals surface area contributed by atoms with Gasteiger partial charge in [-0.2, -0.15) is 13.2 Å². The fraction of sp³-hybridized carbons (Fsp3) is 0.227. The van der Waals surface area contributed by atoms with Crippen LogP contribution >= 0.6 is 22.9 Å². The van der Waals surface area contributed by atoms with Crippen molar-refractivity contribution in [2.45, 2.75) is 29.8 Å². The topological polar surface area (TPSA) is 181 Å². The normalized spacial score (nSPS) is 11.7. The number of benzene rings is 1. The Bertz CT molecular complexity index is 1470. The second kappa shape index (κ2) is 12.5. The number of hydrogen-bond donors (Lipinski definition) is 6. The van der Waals surface area contributed by atoms with Gasteiger partial charge in [0.2, 0.25) is 5.91 Å². The smallest absolute Gasteiger partial charge is 0.397 e. The maximum absolute atomic E-state index is 12.7. The minimum Gasteiger partial charge on any atom is -0.397 e. The summed E-state index contributed by atoms with van der Waals surface area (Å²) in [5, 5.41) is 5.14. The quantitative estimate of drug-likeness (QED) is 0.109. The van der Waals surface area contributed by atoms with E-state index in [0.717, 1.165) is 17.4 Å². The first-order valence-corrected chi connectivity index (χ1v) is 13.7. The van der Waals surface area contributed by atoms with Gasteiger partial charge in [-0.1, -0.05) is 11.6 Å². The number of alkyl halides is 3. The number of pyridine rings is 1. The summed E-state index contributed by atoms with van der Waals surface area (Å²) in [6.07, 6.45) is -3.84. The molecule has 0 fully saturated rings. The van der Waals surface area contributed by atoms with Crippen LogP contribution in [0.15, 0.2) is 46.8 Å². The Kier molecular flexibility index (Phi) is 9.60. The van der Waals surface area contributed by atoms with Gasteiger partial charge in [-0.25, -0.2) is 13.4 Å². The molecular weight excluding hydrogens is 583 g/mol. The van der Waals surface area contributed by atoms with Gasteiger partial charge in [0.05, 0.1) is 28.5 Å². The van der Waals surface area contributed by atoms with Crippen LogP contribution in [0.5, 0.6) is 0 Å². The van der Waals surface area contributed by atoms with E-state index >= 15 is 0 Å². The van der Waals surface area contributed by atoms with Crippen LogP contribution in [-0.2, 0) is 27.5 Å². The summed E-state index contributed by atoms with van der Waals surface area (Å²) < 4.78 is 62.9. The van der Waals surface area contributed by atoms with E-state index in [0.29, 0.717) is 22.3 Å². The van der Waals surface area contributed by atoms with Crippen molar-refractivity contribution in [2.24, 2.45) is 0 Å². The Labute approximate surface area is 230 Å². The molecule has 0 aliphatic carbocycles. The van der Waals surface area contributed by atoms with Gasteiger partial charge >= 0.3 is 6.18 Å². The number of sulfonamides is 1. The zero-order valence-corrected chi connectivity index (χ0v) is 22.3. The Morgan fingerprint density at radius 3 is 2.49 bits per heavy atom. The van der Waals surface area contributed by atoms with Gasteiger partial charge in [0.25, 0.3) is 15.9 Å². The second-order valence-corrected chi connectivity index (χ2v) is 11.5. The van der Waals surface area contributed by atoms with Crippen LogP contribution in [-0.4, -0.2) is 31.8 Å². The van der Waals surface area contributed by atoms with Crippen LogP contribution < -0.4 is 32.4 Å².